The molecule has 0 saturated carbocycles. The Kier molecular flexibility index (Phi) is 43.4. The fourth-order valence-corrected chi connectivity index (χ4v) is 8.82. The van der Waals surface area contributed by atoms with Gasteiger partial charge >= 0.3 is 31.7 Å². The average Bonchev–Trinajstić information content (AvgIpc) is 3.30. The van der Waals surface area contributed by atoms with Gasteiger partial charge in [0.25, 0.3) is 0 Å². The lowest BCUT2D eigenvalue weighted by atomic mass is 10.0. The SMILES string of the molecule is CCCCC/C=C\C\C=C/C=C/C=C/[C@@H](SC[C@H](N)C(=O)OC[C@H](COP(=O)(O)OC[C@H](N)C(=O)O)OC(=O)CCCCCCCCCCCCCCCCCCCCC)[C@@H](O)CCCC(=O)O. The normalized spacial score (nSPS) is 15.2. The van der Waals surface area contributed by atoms with Crippen LogP contribution < -0.4 is 11.5 Å². The Bertz CT molecular complexity index is 1460. The van der Waals surface area contributed by atoms with E-state index in [1.807, 2.05) is 18.2 Å². The molecule has 0 heterocycles. The number of esters is 2. The number of unbranched alkanes of at least 4 members (excludes halogenated alkanes) is 21. The summed E-state index contributed by atoms with van der Waals surface area (Å²) in [7, 11) is -4.86. The molecule has 0 aliphatic heterocycles. The number of aliphatic hydroxyl groups excluding tert-OH is 1. The first kappa shape index (κ1) is 65.2. The van der Waals surface area contributed by atoms with Crippen molar-refractivity contribution in [2.45, 2.75) is 223 Å². The Morgan fingerprint density at radius 1 is 0.618 bits per heavy atom. The number of nitrogens with two attached hydrogens (primary N) is 2. The molecule has 0 fully saturated rings. The molecule has 0 aromatic carbocycles. The molecule has 68 heavy (non-hydrogen) atoms. The summed E-state index contributed by atoms with van der Waals surface area (Å²) in [5, 5.41) is 28.4. The smallest absolute Gasteiger partial charge is 0.472 e. The molecule has 6 atom stereocenters. The van der Waals surface area contributed by atoms with Crippen molar-refractivity contribution in [3.05, 3.63) is 48.6 Å². The Morgan fingerprint density at radius 3 is 1.71 bits per heavy atom. The van der Waals surface area contributed by atoms with E-state index in [0.717, 1.165) is 38.5 Å². The van der Waals surface area contributed by atoms with Gasteiger partial charge in [-0.2, -0.15) is 0 Å². The van der Waals surface area contributed by atoms with Gasteiger partial charge in [0.1, 0.15) is 18.7 Å². The van der Waals surface area contributed by atoms with Crippen molar-refractivity contribution >= 4 is 43.5 Å². The lowest BCUT2D eigenvalue weighted by Crippen LogP contribution is -2.38. The van der Waals surface area contributed by atoms with Crippen LogP contribution in [0.4, 0.5) is 0 Å². The van der Waals surface area contributed by atoms with Crippen LogP contribution in [0.1, 0.15) is 194 Å². The number of hydrogen-bond donors (Lipinski definition) is 6. The maximum atomic E-state index is 13.0. The summed E-state index contributed by atoms with van der Waals surface area (Å²) in [6.07, 6.45) is 42.1. The van der Waals surface area contributed by atoms with Crippen LogP contribution in [-0.4, -0.2) is 99.2 Å². The second kappa shape index (κ2) is 45.3. The van der Waals surface area contributed by atoms with Crippen molar-refractivity contribution in [2.75, 3.05) is 25.6 Å². The van der Waals surface area contributed by atoms with E-state index in [2.05, 4.69) is 30.5 Å². The van der Waals surface area contributed by atoms with Gasteiger partial charge in [-0.05, 0) is 38.5 Å². The van der Waals surface area contributed by atoms with E-state index in [1.165, 1.54) is 121 Å². The molecule has 0 aliphatic rings. The number of allylic oxidation sites excluding steroid dienone is 7. The molecule has 0 amide bonds. The zero-order valence-corrected chi connectivity index (χ0v) is 43.3. The molecule has 0 saturated heterocycles. The maximum absolute atomic E-state index is 13.0. The average molecular weight is 1000 g/mol. The molecule has 0 bridgehead atoms. The number of phosphoric acid groups is 1. The maximum Gasteiger partial charge on any atom is 0.472 e. The first-order valence-electron chi connectivity index (χ1n) is 25.6. The number of thioether (sulfide) groups is 1. The van der Waals surface area contributed by atoms with E-state index < -0.39 is 81.1 Å². The third-order valence-corrected chi connectivity index (χ3v) is 13.4. The van der Waals surface area contributed by atoms with Crippen molar-refractivity contribution in [2.24, 2.45) is 11.5 Å². The summed E-state index contributed by atoms with van der Waals surface area (Å²) >= 11 is 1.18. The van der Waals surface area contributed by atoms with Crippen LogP contribution in [0.2, 0.25) is 0 Å². The number of carboxylic acids is 2. The van der Waals surface area contributed by atoms with Gasteiger partial charge < -0.3 is 41.2 Å². The molecule has 0 spiro atoms. The summed E-state index contributed by atoms with van der Waals surface area (Å²) < 4.78 is 32.9. The second-order valence-electron chi connectivity index (χ2n) is 17.5. The van der Waals surface area contributed by atoms with Crippen LogP contribution in [0.25, 0.3) is 0 Å². The van der Waals surface area contributed by atoms with Crippen LogP contribution in [0.3, 0.4) is 0 Å². The van der Waals surface area contributed by atoms with Crippen LogP contribution in [0, 0.1) is 0 Å². The Hall–Kier alpha value is -2.82. The molecule has 0 aromatic heterocycles. The van der Waals surface area contributed by atoms with E-state index in [9.17, 15) is 33.7 Å². The van der Waals surface area contributed by atoms with Gasteiger partial charge in [0.15, 0.2) is 6.10 Å². The predicted octanol–water partition coefficient (Wildman–Crippen LogP) is 11.0. The summed E-state index contributed by atoms with van der Waals surface area (Å²) in [5.74, 6) is -3.93. The molecule has 0 aromatic rings. The molecule has 394 valence electrons. The molecule has 0 rings (SSSR count). The number of hydrogen-bond acceptors (Lipinski definition) is 13. The van der Waals surface area contributed by atoms with E-state index in [4.69, 9.17) is 35.7 Å². The number of carbonyl (C=O) groups is 4. The van der Waals surface area contributed by atoms with E-state index in [-0.39, 0.29) is 31.4 Å². The molecular weight excluding hydrogens is 912 g/mol. The third-order valence-electron chi connectivity index (χ3n) is 11.1. The van der Waals surface area contributed by atoms with Crippen LogP contribution >= 0.6 is 19.6 Å². The minimum Gasteiger partial charge on any atom is -0.481 e. The number of carboxylic acid groups (broad SMARTS) is 2. The monoisotopic (exact) mass is 1000 g/mol. The highest BCUT2D eigenvalue weighted by molar-refractivity contribution is 8.00. The highest BCUT2D eigenvalue weighted by Crippen LogP contribution is 2.43. The van der Waals surface area contributed by atoms with Gasteiger partial charge in [-0.1, -0.05) is 191 Å². The quantitative estimate of drug-likeness (QED) is 0.0109. The zero-order chi connectivity index (χ0) is 50.5. The fraction of sp³-hybridized carbons (Fsp3) is 0.765. The van der Waals surface area contributed by atoms with Crippen molar-refractivity contribution < 1.29 is 62.5 Å². The predicted molar refractivity (Wildman–Crippen MR) is 273 cm³/mol. The highest BCUT2D eigenvalue weighted by Gasteiger charge is 2.29. The largest absolute Gasteiger partial charge is 0.481 e. The Labute approximate surface area is 413 Å². The topological polar surface area (TPSA) is 255 Å². The molecule has 0 radical (unpaired) electrons. The lowest BCUT2D eigenvalue weighted by Gasteiger charge is -2.22. The number of ether oxygens (including phenoxy) is 2. The number of aliphatic carboxylic acids is 2. The van der Waals surface area contributed by atoms with Gasteiger partial charge in [-0.25, -0.2) is 4.57 Å². The lowest BCUT2D eigenvalue weighted by molar-refractivity contribution is -0.161. The molecule has 0 aliphatic carbocycles. The summed E-state index contributed by atoms with van der Waals surface area (Å²) in [6.45, 7) is 2.29. The van der Waals surface area contributed by atoms with Crippen molar-refractivity contribution in [3.63, 3.8) is 0 Å². The van der Waals surface area contributed by atoms with E-state index in [0.29, 0.717) is 6.42 Å². The van der Waals surface area contributed by atoms with Crippen molar-refractivity contribution in [3.8, 4) is 0 Å². The number of aliphatic hydroxyl groups is 1. The van der Waals surface area contributed by atoms with Gasteiger partial charge in [-0.15, -0.1) is 11.8 Å². The molecule has 17 heteroatoms. The number of carbonyl (C=O) groups excluding carboxylic acids is 2. The standard InChI is InChI=1S/C51H91N2O13PS/c1-3-5-7-9-11-13-15-17-18-19-20-21-22-23-25-27-29-31-33-38-49(57)66-43(40-64-67(61,62)65-41-44(52)50(58)59)39-63-51(60)45(53)42-68-47(46(54)35-34-37-48(55)56)36-32-30-28-26-24-16-14-12-10-8-6-4-2/h12,14,24,26,28,30,32,36,43-47,54H,3-11,13,15-23,25,27,29,31,33-35,37-42,52-53H2,1-2H3,(H,55,56)(H,58,59)(H,61,62)/b14-12-,26-24-,30-28+,36-32+/t43-,44+,45+,46+,47-/m1/s1. The van der Waals surface area contributed by atoms with Crippen LogP contribution in [-0.2, 0) is 42.3 Å². The van der Waals surface area contributed by atoms with Gasteiger partial charge in [0, 0.05) is 23.8 Å². The zero-order valence-electron chi connectivity index (χ0n) is 41.6. The van der Waals surface area contributed by atoms with Crippen molar-refractivity contribution in [1.82, 2.24) is 0 Å². The fourth-order valence-electron chi connectivity index (χ4n) is 6.92. The van der Waals surface area contributed by atoms with E-state index >= 15 is 0 Å². The summed E-state index contributed by atoms with van der Waals surface area (Å²) in [4.78, 5) is 58.1. The number of phosphoric ester groups is 1. The minimum absolute atomic E-state index is 0.00189. The third kappa shape index (κ3) is 42.1. The first-order chi connectivity index (χ1) is 32.7. The van der Waals surface area contributed by atoms with Gasteiger partial charge in [0.05, 0.1) is 19.3 Å². The van der Waals surface area contributed by atoms with Gasteiger partial charge in [0.2, 0.25) is 0 Å². The summed E-state index contributed by atoms with van der Waals surface area (Å²) in [5.41, 5.74) is 11.5. The Balaban J connectivity index is 5.06. The van der Waals surface area contributed by atoms with Gasteiger partial charge in [-0.3, -0.25) is 28.2 Å². The molecule has 8 N–H and O–H groups in total. The highest BCUT2D eigenvalue weighted by atomic mass is 32.2. The first-order valence-corrected chi connectivity index (χ1v) is 28.1. The second-order valence-corrected chi connectivity index (χ2v) is 20.2. The van der Waals surface area contributed by atoms with Crippen LogP contribution in [0.15, 0.2) is 48.6 Å². The van der Waals surface area contributed by atoms with Crippen molar-refractivity contribution in [1.29, 1.82) is 0 Å². The molecular formula is C51H91N2O13PS. The summed E-state index contributed by atoms with van der Waals surface area (Å²) in [6, 6.07) is -2.79. The number of rotatable bonds is 48. The van der Waals surface area contributed by atoms with E-state index in [1.54, 1.807) is 18.2 Å². The Morgan fingerprint density at radius 2 is 1.15 bits per heavy atom. The molecule has 15 nitrogen and oxygen atoms in total. The minimum atomic E-state index is -4.86. The molecule has 1 unspecified atom stereocenters. The van der Waals surface area contributed by atoms with Crippen LogP contribution in [0.5, 0.6) is 0 Å².